The monoisotopic (exact) mass is 585 g/mol. The van der Waals surface area contributed by atoms with Crippen LogP contribution in [0.4, 0.5) is 10.5 Å². The Morgan fingerprint density at radius 1 is 0.930 bits per heavy atom. The van der Waals surface area contributed by atoms with Gasteiger partial charge in [-0.2, -0.15) is 0 Å². The average molecular weight is 586 g/mol. The minimum atomic E-state index is -1.01. The minimum Gasteiger partial charge on any atom is -0.508 e. The number of hydrogen-bond donors (Lipinski definition) is 3. The Balaban J connectivity index is 1.78. The number of ether oxygens (including phenoxy) is 1. The summed E-state index contributed by atoms with van der Waals surface area (Å²) >= 11 is 0. The summed E-state index contributed by atoms with van der Waals surface area (Å²) in [5.41, 5.74) is 5.15. The van der Waals surface area contributed by atoms with E-state index in [4.69, 9.17) is 4.74 Å². The van der Waals surface area contributed by atoms with Crippen LogP contribution in [0, 0.1) is 27.7 Å². The number of phenolic OH excluding ortho intramolecular Hbond substituents is 1. The van der Waals surface area contributed by atoms with Gasteiger partial charge in [-0.05, 0) is 101 Å². The number of amides is 3. The number of rotatable bonds is 9. The molecule has 0 spiro atoms. The molecule has 3 N–H and O–H groups in total. The fourth-order valence-corrected chi connectivity index (χ4v) is 5.24. The molecule has 4 rings (SSSR count). The number of aromatic hydroxyl groups is 1. The molecule has 1 fully saturated rings. The third-order valence-electron chi connectivity index (χ3n) is 7.55. The number of nitrogens with zero attached hydrogens (tertiary/aromatic N) is 1. The smallest absolute Gasteiger partial charge is 0.408 e. The Bertz CT molecular complexity index is 1470. The molecule has 1 aliphatic carbocycles. The van der Waals surface area contributed by atoms with Crippen LogP contribution >= 0.6 is 0 Å². The number of hydrogen-bond acceptors (Lipinski definition) is 5. The van der Waals surface area contributed by atoms with Gasteiger partial charge in [0.1, 0.15) is 23.4 Å². The fourth-order valence-electron chi connectivity index (χ4n) is 5.24. The molecule has 0 aliphatic heterocycles. The molecule has 2 atom stereocenters. The third-order valence-corrected chi connectivity index (χ3v) is 7.55. The van der Waals surface area contributed by atoms with Crippen molar-refractivity contribution in [1.29, 1.82) is 0 Å². The number of carbonyl (C=O) groups excluding carboxylic acids is 3. The summed E-state index contributed by atoms with van der Waals surface area (Å²) in [6.45, 7) is 13.1. The van der Waals surface area contributed by atoms with Gasteiger partial charge < -0.3 is 25.4 Å². The second-order valence-corrected chi connectivity index (χ2v) is 12.6. The van der Waals surface area contributed by atoms with Crippen molar-refractivity contribution in [1.82, 2.24) is 10.2 Å². The van der Waals surface area contributed by atoms with Crippen molar-refractivity contribution in [3.05, 3.63) is 94.0 Å². The molecule has 8 heteroatoms. The number of carbonyl (C=O) groups is 3. The van der Waals surface area contributed by atoms with E-state index in [9.17, 15) is 19.5 Å². The maximum atomic E-state index is 14.6. The van der Waals surface area contributed by atoms with Crippen LogP contribution < -0.4 is 10.6 Å². The van der Waals surface area contributed by atoms with Gasteiger partial charge in [-0.15, -0.1) is 0 Å². The lowest BCUT2D eigenvalue weighted by Gasteiger charge is -2.35. The summed E-state index contributed by atoms with van der Waals surface area (Å²) in [6, 6.07) is 16.1. The molecule has 1 saturated carbocycles. The average Bonchev–Trinajstić information content (AvgIpc) is 3.75. The van der Waals surface area contributed by atoms with Gasteiger partial charge in [0, 0.05) is 18.2 Å². The van der Waals surface area contributed by atoms with Crippen LogP contribution in [0.3, 0.4) is 0 Å². The Kier molecular flexibility index (Phi) is 9.48. The third kappa shape index (κ3) is 8.15. The van der Waals surface area contributed by atoms with Gasteiger partial charge in [0.25, 0.3) is 5.91 Å². The molecule has 8 nitrogen and oxygen atoms in total. The normalized spacial score (nSPS) is 14.4. The van der Waals surface area contributed by atoms with Crippen molar-refractivity contribution in [3.8, 4) is 5.75 Å². The molecule has 43 heavy (non-hydrogen) atoms. The summed E-state index contributed by atoms with van der Waals surface area (Å²) in [5, 5.41) is 15.7. The van der Waals surface area contributed by atoms with E-state index in [0.717, 1.165) is 51.9 Å². The quantitative estimate of drug-likeness (QED) is 0.268. The van der Waals surface area contributed by atoms with Gasteiger partial charge in [-0.3, -0.25) is 9.59 Å². The van der Waals surface area contributed by atoms with Crippen molar-refractivity contribution in [3.63, 3.8) is 0 Å². The molecule has 2 unspecified atom stereocenters. The molecule has 1 aliphatic rings. The lowest BCUT2D eigenvalue weighted by molar-refractivity contribution is -0.141. The Hall–Kier alpha value is -4.33. The van der Waals surface area contributed by atoms with E-state index in [1.54, 1.807) is 49.9 Å². The SMILES string of the molecule is Cc1ccc(C)c(C(C(=O)Nc2c(C)cccc2C)N(C(=O)C(Cc2ccc(O)cc2)NC(=O)OC(C)(C)C)C2CC2)c1. The van der Waals surface area contributed by atoms with Gasteiger partial charge in [0.15, 0.2) is 0 Å². The molecule has 0 saturated heterocycles. The van der Waals surface area contributed by atoms with E-state index in [-0.39, 0.29) is 30.0 Å². The zero-order valence-electron chi connectivity index (χ0n) is 26.2. The van der Waals surface area contributed by atoms with Gasteiger partial charge >= 0.3 is 6.09 Å². The van der Waals surface area contributed by atoms with Crippen molar-refractivity contribution >= 4 is 23.6 Å². The van der Waals surface area contributed by atoms with Gasteiger partial charge in [0.2, 0.25) is 5.91 Å². The first kappa shape index (κ1) is 31.6. The van der Waals surface area contributed by atoms with E-state index in [0.29, 0.717) is 0 Å². The number of aryl methyl sites for hydroxylation is 4. The molecule has 3 aromatic rings. The van der Waals surface area contributed by atoms with Crippen LogP contribution in [0.15, 0.2) is 60.7 Å². The van der Waals surface area contributed by atoms with Crippen molar-refractivity contribution < 1.29 is 24.2 Å². The lowest BCUT2D eigenvalue weighted by atomic mass is 9.95. The van der Waals surface area contributed by atoms with Crippen LogP contribution in [-0.4, -0.2) is 45.6 Å². The summed E-state index contributed by atoms with van der Waals surface area (Å²) in [7, 11) is 0. The van der Waals surface area contributed by atoms with E-state index in [2.05, 4.69) is 10.6 Å². The van der Waals surface area contributed by atoms with Gasteiger partial charge in [-0.25, -0.2) is 4.79 Å². The largest absolute Gasteiger partial charge is 0.508 e. The van der Waals surface area contributed by atoms with Crippen LogP contribution in [0.25, 0.3) is 0 Å². The van der Waals surface area contributed by atoms with Gasteiger partial charge in [-0.1, -0.05) is 54.1 Å². The van der Waals surface area contributed by atoms with Crippen LogP contribution in [0.2, 0.25) is 0 Å². The Morgan fingerprint density at radius 3 is 2.14 bits per heavy atom. The number of phenols is 1. The highest BCUT2D eigenvalue weighted by Crippen LogP contribution is 2.38. The molecular formula is C35H43N3O5. The van der Waals surface area contributed by atoms with Crippen LogP contribution in [0.5, 0.6) is 5.75 Å². The number of benzene rings is 3. The molecule has 0 aromatic heterocycles. The van der Waals surface area contributed by atoms with Gasteiger partial charge in [0.05, 0.1) is 0 Å². The highest BCUT2D eigenvalue weighted by Gasteiger charge is 2.44. The molecular weight excluding hydrogens is 542 g/mol. The van der Waals surface area contributed by atoms with E-state index in [1.165, 1.54) is 0 Å². The van der Waals surface area contributed by atoms with Crippen molar-refractivity contribution in [2.75, 3.05) is 5.32 Å². The highest BCUT2D eigenvalue weighted by molar-refractivity contribution is 6.00. The standard InChI is InChI=1S/C35H43N3O5/c1-21-11-12-22(2)28(19-21)31(32(40)37-30-23(3)9-8-10-24(30)4)38(26-15-16-26)33(41)29(36-34(42)43-35(5,6)7)20-25-13-17-27(39)18-14-25/h8-14,17-19,26,29,31,39H,15-16,20H2,1-7H3,(H,36,42)(H,37,40). The predicted octanol–water partition coefficient (Wildman–Crippen LogP) is 6.43. The topological polar surface area (TPSA) is 108 Å². The molecule has 228 valence electrons. The van der Waals surface area contributed by atoms with E-state index >= 15 is 0 Å². The zero-order valence-corrected chi connectivity index (χ0v) is 26.2. The first-order chi connectivity index (χ1) is 20.2. The summed E-state index contributed by atoms with van der Waals surface area (Å²) in [5.74, 6) is -0.583. The molecule has 0 bridgehead atoms. The number of nitrogens with one attached hydrogen (secondary N) is 2. The van der Waals surface area contributed by atoms with E-state index in [1.807, 2.05) is 64.1 Å². The second kappa shape index (κ2) is 12.9. The minimum absolute atomic E-state index is 0.101. The maximum Gasteiger partial charge on any atom is 0.408 e. The lowest BCUT2D eigenvalue weighted by Crippen LogP contribution is -2.54. The first-order valence-electron chi connectivity index (χ1n) is 14.8. The second-order valence-electron chi connectivity index (χ2n) is 12.6. The van der Waals surface area contributed by atoms with Crippen molar-refractivity contribution in [2.24, 2.45) is 0 Å². The van der Waals surface area contributed by atoms with Crippen molar-refractivity contribution in [2.45, 2.75) is 91.5 Å². The van der Waals surface area contributed by atoms with E-state index < -0.39 is 23.8 Å². The molecule has 0 heterocycles. The maximum absolute atomic E-state index is 14.6. The van der Waals surface area contributed by atoms with Crippen LogP contribution in [0.1, 0.15) is 73.0 Å². The molecule has 3 aromatic carbocycles. The molecule has 3 amide bonds. The molecule has 0 radical (unpaired) electrons. The number of para-hydroxylation sites is 1. The zero-order chi connectivity index (χ0) is 31.5. The summed E-state index contributed by atoms with van der Waals surface area (Å²) in [6.07, 6.45) is 0.938. The number of anilines is 1. The first-order valence-corrected chi connectivity index (χ1v) is 14.8. The fraction of sp³-hybridized carbons (Fsp3) is 0.400. The summed E-state index contributed by atoms with van der Waals surface area (Å²) < 4.78 is 5.52. The van der Waals surface area contributed by atoms with Crippen LogP contribution in [-0.2, 0) is 20.7 Å². The highest BCUT2D eigenvalue weighted by atomic mass is 16.6. The Morgan fingerprint density at radius 2 is 1.56 bits per heavy atom. The Labute approximate surface area is 254 Å². The summed E-state index contributed by atoms with van der Waals surface area (Å²) in [4.78, 5) is 43.6. The predicted molar refractivity (Wildman–Crippen MR) is 168 cm³/mol. The number of alkyl carbamates (subject to hydrolysis) is 1.